The molecule has 0 aromatic heterocycles. The molecule has 6 rings (SSSR count). The minimum atomic E-state index is -2.45. The first-order valence-electron chi connectivity index (χ1n) is 13.5. The maximum absolute atomic E-state index is 14.9. The summed E-state index contributed by atoms with van der Waals surface area (Å²) in [5, 5.41) is 2.69. The number of fused-ring (bicyclic) bond motifs is 2. The van der Waals surface area contributed by atoms with Gasteiger partial charge in [0.15, 0.2) is 0 Å². The number of halogens is 10. The van der Waals surface area contributed by atoms with Crippen LogP contribution >= 0.6 is 0 Å². The molecule has 0 aliphatic heterocycles. The SMILES string of the molecule is Cc1cc2ccccc2[cH-]1.[B]=C1C(C=[Si](C)C)=C(c2c(F)c(F)c(F)c(F)c2F)c2c1cccc2-c1c(F)c(F)c(F)c(F)c1F.[CH3-].[CH3-].[Zr+3]. The second-order valence-electron chi connectivity index (χ2n) is 10.7. The summed E-state index contributed by atoms with van der Waals surface area (Å²) >= 11 is 0. The zero-order valence-electron chi connectivity index (χ0n) is 26.6. The van der Waals surface area contributed by atoms with Crippen LogP contribution in [0, 0.1) is 79.9 Å². The van der Waals surface area contributed by atoms with E-state index in [9.17, 15) is 43.9 Å². The zero-order valence-corrected chi connectivity index (χ0v) is 30.1. The molecular formula is C36H25BF10SiZr. The summed E-state index contributed by atoms with van der Waals surface area (Å²) in [6.45, 7) is 5.50. The van der Waals surface area contributed by atoms with Crippen LogP contribution in [0.1, 0.15) is 22.3 Å². The van der Waals surface area contributed by atoms with Gasteiger partial charge in [-0.15, -0.1) is 40.6 Å². The van der Waals surface area contributed by atoms with Crippen molar-refractivity contribution in [1.82, 2.24) is 0 Å². The van der Waals surface area contributed by atoms with Crippen molar-refractivity contribution < 1.29 is 70.1 Å². The Balaban J connectivity index is 0.000000547. The maximum atomic E-state index is 14.9. The van der Waals surface area contributed by atoms with Crippen LogP contribution in [0.5, 0.6) is 0 Å². The topological polar surface area (TPSA) is 0 Å². The standard InChI is InChI=1S/C24H10BF10Si.C10H9.2CH3.Zr/c1-36(2)6-9-11(13-17(28)21(32)24(35)22(33)18(13)29)10-7(4-3-5-8(10)14(9)25)12-15(26)19(30)23(34)20(31)16(12)27;1-8-6-9-4-2-3-5-10(9)7-8;;;/h3-6H,1-2H3;2-7H,1H3;2*1H3;/q;3*-1;+3. The summed E-state index contributed by atoms with van der Waals surface area (Å²) < 4.78 is 143. The van der Waals surface area contributed by atoms with Crippen LogP contribution in [0.4, 0.5) is 43.9 Å². The van der Waals surface area contributed by atoms with Crippen LogP contribution in [-0.4, -0.2) is 27.0 Å². The predicted molar refractivity (Wildman–Crippen MR) is 174 cm³/mol. The van der Waals surface area contributed by atoms with Crippen LogP contribution in [0.3, 0.4) is 0 Å². The molecule has 0 unspecified atom stereocenters. The third-order valence-electron chi connectivity index (χ3n) is 7.30. The molecular weight excluding hydrogens is 752 g/mol. The van der Waals surface area contributed by atoms with Crippen LogP contribution in [0.2, 0.25) is 13.1 Å². The average molecular weight is 778 g/mol. The summed E-state index contributed by atoms with van der Waals surface area (Å²) in [7, 11) is 4.64. The molecule has 1 aliphatic carbocycles. The Morgan fingerprint density at radius 1 is 0.592 bits per heavy atom. The fourth-order valence-corrected chi connectivity index (χ4v) is 6.22. The molecule has 0 saturated heterocycles. The molecule has 0 heterocycles. The Bertz CT molecular complexity index is 2070. The molecule has 0 fully saturated rings. The van der Waals surface area contributed by atoms with E-state index < -0.39 is 94.4 Å². The fraction of sp³-hybridized carbons (Fsp3) is 0.0833. The second-order valence-corrected chi connectivity index (χ2v) is 13.1. The first kappa shape index (κ1) is 41.6. The van der Waals surface area contributed by atoms with Gasteiger partial charge in [-0.05, 0) is 0 Å². The fourth-order valence-electron chi connectivity index (χ4n) is 5.34. The number of rotatable bonds is 3. The van der Waals surface area contributed by atoms with Crippen molar-refractivity contribution in [2.24, 2.45) is 0 Å². The minimum absolute atomic E-state index is 0. The van der Waals surface area contributed by atoms with Gasteiger partial charge in [-0.1, -0.05) is 13.0 Å². The zero-order chi connectivity index (χ0) is 33.8. The number of benzene rings is 4. The average Bonchev–Trinajstić information content (AvgIpc) is 3.54. The number of hydrogen-bond acceptors (Lipinski definition) is 0. The largest absolute Gasteiger partial charge is 3.00 e. The number of hydrogen-bond donors (Lipinski definition) is 0. The van der Waals surface area contributed by atoms with Gasteiger partial charge >= 0.3 is 226 Å². The van der Waals surface area contributed by atoms with Crippen molar-refractivity contribution in [2.45, 2.75) is 20.0 Å². The summed E-state index contributed by atoms with van der Waals surface area (Å²) in [5.41, 5.74) is -2.84. The number of allylic oxidation sites excluding steroid dienone is 1. The number of aryl methyl sites for hydroxylation is 1. The first-order valence-corrected chi connectivity index (χ1v) is 16.1. The molecule has 0 N–H and O–H groups in total. The van der Waals surface area contributed by atoms with Gasteiger partial charge in [0.1, 0.15) is 0 Å². The molecule has 0 amide bonds. The Hall–Kier alpha value is -3.57. The third kappa shape index (κ3) is 7.20. The molecule has 0 saturated carbocycles. The molecule has 0 bridgehead atoms. The van der Waals surface area contributed by atoms with Gasteiger partial charge in [0.05, 0.1) is 0 Å². The van der Waals surface area contributed by atoms with Gasteiger partial charge < -0.3 is 14.9 Å². The van der Waals surface area contributed by atoms with Crippen LogP contribution in [-0.2, 0) is 26.2 Å². The van der Waals surface area contributed by atoms with Crippen LogP contribution < -0.4 is 0 Å². The Kier molecular flexibility index (Phi) is 13.6. The summed E-state index contributed by atoms with van der Waals surface area (Å²) in [6, 6.07) is 16.1. The normalized spacial score (nSPS) is 11.6. The first-order chi connectivity index (χ1) is 21.7. The van der Waals surface area contributed by atoms with Crippen molar-refractivity contribution in [3.05, 3.63) is 155 Å². The van der Waals surface area contributed by atoms with Crippen molar-refractivity contribution in [3.8, 4) is 11.1 Å². The quantitative estimate of drug-likeness (QED) is 0.0563. The molecule has 5 aromatic rings. The van der Waals surface area contributed by atoms with Crippen molar-refractivity contribution in [3.63, 3.8) is 0 Å². The molecule has 2 radical (unpaired) electrons. The van der Waals surface area contributed by atoms with E-state index in [4.69, 9.17) is 7.49 Å². The minimum Gasteiger partial charge on any atom is -0.358 e. The van der Waals surface area contributed by atoms with Crippen LogP contribution in [0.25, 0.3) is 27.5 Å². The van der Waals surface area contributed by atoms with Gasteiger partial charge in [0, 0.05) is 0 Å². The van der Waals surface area contributed by atoms with Crippen molar-refractivity contribution >= 4 is 43.4 Å². The molecule has 0 atom stereocenters. The Morgan fingerprint density at radius 3 is 1.53 bits per heavy atom. The van der Waals surface area contributed by atoms with E-state index in [0.717, 1.165) is 12.1 Å². The monoisotopic (exact) mass is 776 g/mol. The molecule has 5 aromatic carbocycles. The molecule has 13 heteroatoms. The Morgan fingerprint density at radius 2 is 1.04 bits per heavy atom. The van der Waals surface area contributed by atoms with E-state index >= 15 is 0 Å². The van der Waals surface area contributed by atoms with E-state index in [0.29, 0.717) is 0 Å². The van der Waals surface area contributed by atoms with E-state index in [2.05, 4.69) is 43.3 Å². The molecule has 250 valence electrons. The third-order valence-corrected chi connectivity index (χ3v) is 8.16. The van der Waals surface area contributed by atoms with Crippen LogP contribution in [0.15, 0.2) is 60.2 Å². The van der Waals surface area contributed by atoms with E-state index in [1.807, 2.05) is 0 Å². The molecule has 0 nitrogen and oxygen atoms in total. The van der Waals surface area contributed by atoms with Gasteiger partial charge in [-0.25, -0.2) is 0 Å². The van der Waals surface area contributed by atoms with Gasteiger partial charge in [0.2, 0.25) is 0 Å². The summed E-state index contributed by atoms with van der Waals surface area (Å²) in [4.78, 5) is 0. The van der Waals surface area contributed by atoms with Gasteiger partial charge in [-0.2, -0.15) is 6.07 Å². The van der Waals surface area contributed by atoms with E-state index in [1.165, 1.54) is 28.1 Å². The molecule has 49 heavy (non-hydrogen) atoms. The van der Waals surface area contributed by atoms with Crippen molar-refractivity contribution in [2.75, 3.05) is 0 Å². The van der Waals surface area contributed by atoms with E-state index in [-0.39, 0.29) is 57.7 Å². The molecule has 1 aliphatic rings. The summed E-state index contributed by atoms with van der Waals surface area (Å²) in [6.07, 6.45) is 0. The van der Waals surface area contributed by atoms with Crippen molar-refractivity contribution in [1.29, 1.82) is 0 Å². The Labute approximate surface area is 298 Å². The smallest absolute Gasteiger partial charge is 0.358 e. The maximum Gasteiger partial charge on any atom is 3.00 e. The van der Waals surface area contributed by atoms with Gasteiger partial charge in [-0.3, -0.25) is 0 Å². The second kappa shape index (κ2) is 16.0. The van der Waals surface area contributed by atoms with E-state index in [1.54, 1.807) is 13.1 Å². The van der Waals surface area contributed by atoms with Gasteiger partial charge in [0.25, 0.3) is 0 Å². The molecule has 0 spiro atoms. The summed E-state index contributed by atoms with van der Waals surface area (Å²) in [5.74, 6) is -23.1. The predicted octanol–water partition coefficient (Wildman–Crippen LogP) is 10.2.